The zero-order chi connectivity index (χ0) is 16.8. The van der Waals surface area contributed by atoms with Crippen LogP contribution in [-0.4, -0.2) is 24.6 Å². The minimum atomic E-state index is -3.04. The van der Waals surface area contributed by atoms with Crippen molar-refractivity contribution in [1.29, 1.82) is 0 Å². The average molecular weight is 322 g/mol. The molecule has 122 valence electrons. The SMILES string of the molecule is COc1ccc(C(=O)NCc2cccc(C)n2)c(OC(F)F)c1. The van der Waals surface area contributed by atoms with Crippen molar-refractivity contribution in [3.63, 3.8) is 0 Å². The number of aromatic nitrogens is 1. The molecule has 1 N–H and O–H groups in total. The average Bonchev–Trinajstić information content (AvgIpc) is 2.52. The number of ether oxygens (including phenoxy) is 2. The van der Waals surface area contributed by atoms with Gasteiger partial charge in [0.1, 0.15) is 11.5 Å². The van der Waals surface area contributed by atoms with E-state index in [0.717, 1.165) is 5.69 Å². The highest BCUT2D eigenvalue weighted by atomic mass is 19.3. The Bertz CT molecular complexity index is 693. The Morgan fingerprint density at radius 2 is 2.09 bits per heavy atom. The second-order valence-corrected chi connectivity index (χ2v) is 4.69. The normalized spacial score (nSPS) is 10.5. The number of rotatable bonds is 6. The van der Waals surface area contributed by atoms with E-state index in [9.17, 15) is 13.6 Å². The molecule has 0 aliphatic carbocycles. The topological polar surface area (TPSA) is 60.5 Å². The number of carbonyl (C=O) groups excluding carboxylic acids is 1. The molecule has 0 radical (unpaired) electrons. The quantitative estimate of drug-likeness (QED) is 0.888. The molecule has 1 heterocycles. The Hall–Kier alpha value is -2.70. The van der Waals surface area contributed by atoms with Crippen LogP contribution in [0.25, 0.3) is 0 Å². The number of halogens is 2. The molecule has 0 saturated carbocycles. The molecule has 5 nitrogen and oxygen atoms in total. The lowest BCUT2D eigenvalue weighted by Crippen LogP contribution is -2.24. The predicted octanol–water partition coefficient (Wildman–Crippen LogP) is 2.93. The third-order valence-electron chi connectivity index (χ3n) is 3.03. The van der Waals surface area contributed by atoms with Crippen LogP contribution in [0, 0.1) is 6.92 Å². The van der Waals surface area contributed by atoms with Crippen molar-refractivity contribution in [3.05, 3.63) is 53.3 Å². The first-order chi connectivity index (χ1) is 11.0. The summed E-state index contributed by atoms with van der Waals surface area (Å²) in [7, 11) is 1.39. The zero-order valence-electron chi connectivity index (χ0n) is 12.7. The molecule has 7 heteroatoms. The van der Waals surface area contributed by atoms with E-state index in [-0.39, 0.29) is 17.9 Å². The third kappa shape index (κ3) is 4.64. The highest BCUT2D eigenvalue weighted by molar-refractivity contribution is 5.97. The van der Waals surface area contributed by atoms with E-state index >= 15 is 0 Å². The molecule has 0 saturated heterocycles. The molecule has 1 aromatic heterocycles. The number of carbonyl (C=O) groups is 1. The zero-order valence-corrected chi connectivity index (χ0v) is 12.7. The number of aryl methyl sites for hydroxylation is 1. The van der Waals surface area contributed by atoms with Crippen molar-refractivity contribution in [1.82, 2.24) is 10.3 Å². The van der Waals surface area contributed by atoms with Crippen LogP contribution in [0.2, 0.25) is 0 Å². The van der Waals surface area contributed by atoms with Gasteiger partial charge >= 0.3 is 6.61 Å². The van der Waals surface area contributed by atoms with Gasteiger partial charge in [-0.3, -0.25) is 9.78 Å². The lowest BCUT2D eigenvalue weighted by atomic mass is 10.1. The minimum Gasteiger partial charge on any atom is -0.497 e. The van der Waals surface area contributed by atoms with Gasteiger partial charge in [0.15, 0.2) is 0 Å². The van der Waals surface area contributed by atoms with E-state index in [4.69, 9.17) is 4.74 Å². The van der Waals surface area contributed by atoms with Gasteiger partial charge < -0.3 is 14.8 Å². The molecule has 0 aliphatic heterocycles. The van der Waals surface area contributed by atoms with Crippen LogP contribution in [0.3, 0.4) is 0 Å². The number of hydrogen-bond donors (Lipinski definition) is 1. The molecule has 0 unspecified atom stereocenters. The van der Waals surface area contributed by atoms with Crippen molar-refractivity contribution in [2.75, 3.05) is 7.11 Å². The molecule has 0 aliphatic rings. The second kappa shape index (κ2) is 7.53. The van der Waals surface area contributed by atoms with E-state index in [2.05, 4.69) is 15.0 Å². The maximum atomic E-state index is 12.5. The summed E-state index contributed by atoms with van der Waals surface area (Å²) < 4.78 is 34.3. The maximum Gasteiger partial charge on any atom is 0.387 e. The Kier molecular flexibility index (Phi) is 5.46. The maximum absolute atomic E-state index is 12.5. The van der Waals surface area contributed by atoms with Crippen molar-refractivity contribution in [3.8, 4) is 11.5 Å². The van der Waals surface area contributed by atoms with Crippen molar-refractivity contribution in [2.24, 2.45) is 0 Å². The molecular weight excluding hydrogens is 306 g/mol. The van der Waals surface area contributed by atoms with Crippen LogP contribution < -0.4 is 14.8 Å². The summed E-state index contributed by atoms with van der Waals surface area (Å²) in [6, 6.07) is 9.53. The standard InChI is InChI=1S/C16H16F2N2O3/c1-10-4-3-5-11(20-10)9-19-15(21)13-7-6-12(22-2)8-14(13)23-16(17)18/h3-8,16H,9H2,1-2H3,(H,19,21). The van der Waals surface area contributed by atoms with Crippen LogP contribution in [0.15, 0.2) is 36.4 Å². The first-order valence-corrected chi connectivity index (χ1v) is 6.83. The number of nitrogens with one attached hydrogen (secondary N) is 1. The number of alkyl halides is 2. The summed E-state index contributed by atoms with van der Waals surface area (Å²) in [5, 5.41) is 2.63. The second-order valence-electron chi connectivity index (χ2n) is 4.69. The van der Waals surface area contributed by atoms with Gasteiger partial charge in [0, 0.05) is 11.8 Å². The molecule has 0 fully saturated rings. The highest BCUT2D eigenvalue weighted by Gasteiger charge is 2.17. The number of amides is 1. The Labute approximate surface area is 132 Å². The smallest absolute Gasteiger partial charge is 0.387 e. The van der Waals surface area contributed by atoms with Gasteiger partial charge in [-0.1, -0.05) is 6.07 Å². The number of methoxy groups -OCH3 is 1. The van der Waals surface area contributed by atoms with E-state index in [1.165, 1.54) is 25.3 Å². The number of hydrogen-bond acceptors (Lipinski definition) is 4. The summed E-state index contributed by atoms with van der Waals surface area (Å²) in [5.41, 5.74) is 1.49. The van der Waals surface area contributed by atoms with Crippen LogP contribution in [-0.2, 0) is 6.54 Å². The molecule has 2 aromatic rings. The van der Waals surface area contributed by atoms with E-state index in [1.807, 2.05) is 19.1 Å². The third-order valence-corrected chi connectivity index (χ3v) is 3.03. The first kappa shape index (κ1) is 16.7. The van der Waals surface area contributed by atoms with Crippen molar-refractivity contribution in [2.45, 2.75) is 20.1 Å². The summed E-state index contributed by atoms with van der Waals surface area (Å²) in [4.78, 5) is 16.5. The van der Waals surface area contributed by atoms with Crippen LogP contribution >= 0.6 is 0 Å². The van der Waals surface area contributed by atoms with Crippen LogP contribution in [0.1, 0.15) is 21.7 Å². The van der Waals surface area contributed by atoms with Crippen LogP contribution in [0.4, 0.5) is 8.78 Å². The number of benzene rings is 1. The molecule has 2 rings (SSSR count). The lowest BCUT2D eigenvalue weighted by Gasteiger charge is -2.12. The van der Waals surface area contributed by atoms with Crippen molar-refractivity contribution < 1.29 is 23.0 Å². The summed E-state index contributed by atoms with van der Waals surface area (Å²) in [6.07, 6.45) is 0. The van der Waals surface area contributed by atoms with E-state index < -0.39 is 12.5 Å². The molecule has 1 amide bonds. The lowest BCUT2D eigenvalue weighted by molar-refractivity contribution is -0.0502. The Morgan fingerprint density at radius 1 is 1.30 bits per heavy atom. The minimum absolute atomic E-state index is 0.00115. The first-order valence-electron chi connectivity index (χ1n) is 6.83. The van der Waals surface area contributed by atoms with Gasteiger partial charge in [-0.05, 0) is 31.2 Å². The summed E-state index contributed by atoms with van der Waals surface area (Å²) in [5.74, 6) is -0.460. The van der Waals surface area contributed by atoms with Gasteiger partial charge in [0.05, 0.1) is 24.9 Å². The molecule has 0 atom stereocenters. The van der Waals surface area contributed by atoms with Crippen LogP contribution in [0.5, 0.6) is 11.5 Å². The largest absolute Gasteiger partial charge is 0.497 e. The van der Waals surface area contributed by atoms with E-state index in [1.54, 1.807) is 6.07 Å². The summed E-state index contributed by atoms with van der Waals surface area (Å²) in [6.45, 7) is -1.02. The number of nitrogens with zero attached hydrogens (tertiary/aromatic N) is 1. The van der Waals surface area contributed by atoms with Crippen molar-refractivity contribution >= 4 is 5.91 Å². The Morgan fingerprint density at radius 3 is 2.74 bits per heavy atom. The monoisotopic (exact) mass is 322 g/mol. The van der Waals surface area contributed by atoms with Gasteiger partial charge in [-0.15, -0.1) is 0 Å². The molecule has 0 spiro atoms. The molecule has 23 heavy (non-hydrogen) atoms. The predicted molar refractivity (Wildman–Crippen MR) is 79.8 cm³/mol. The van der Waals surface area contributed by atoms with Gasteiger partial charge in [-0.25, -0.2) is 0 Å². The van der Waals surface area contributed by atoms with E-state index in [0.29, 0.717) is 11.4 Å². The fraction of sp³-hybridized carbons (Fsp3) is 0.250. The molecular formula is C16H16F2N2O3. The Balaban J connectivity index is 2.14. The van der Waals surface area contributed by atoms with Gasteiger partial charge in [0.25, 0.3) is 5.91 Å². The highest BCUT2D eigenvalue weighted by Crippen LogP contribution is 2.26. The fourth-order valence-electron chi connectivity index (χ4n) is 1.97. The fourth-order valence-corrected chi connectivity index (χ4v) is 1.97. The molecule has 0 bridgehead atoms. The van der Waals surface area contributed by atoms with Gasteiger partial charge in [-0.2, -0.15) is 8.78 Å². The number of pyridine rings is 1. The van der Waals surface area contributed by atoms with Gasteiger partial charge in [0.2, 0.25) is 0 Å². The molecule has 1 aromatic carbocycles. The summed E-state index contributed by atoms with van der Waals surface area (Å²) >= 11 is 0.